The standard InChI is InChI=1S/C17H18N6O/c1-12-4-7-23-16(21-12)14(10-20-23)17(24)22-8-6-19-15(11-22)13-3-2-5-18-9-13/h2-5,7,9-10,15,19H,6,8,11H2,1H3. The minimum absolute atomic E-state index is 0.0292. The minimum Gasteiger partial charge on any atom is -0.335 e. The summed E-state index contributed by atoms with van der Waals surface area (Å²) in [6.45, 7) is 3.92. The van der Waals surface area contributed by atoms with Gasteiger partial charge in [-0.1, -0.05) is 6.07 Å². The number of carbonyl (C=O) groups excluding carboxylic acids is 1. The highest BCUT2D eigenvalue weighted by molar-refractivity contribution is 5.99. The molecule has 0 spiro atoms. The predicted molar refractivity (Wildman–Crippen MR) is 88.6 cm³/mol. The van der Waals surface area contributed by atoms with Gasteiger partial charge in [0.15, 0.2) is 5.65 Å². The quantitative estimate of drug-likeness (QED) is 0.768. The number of carbonyl (C=O) groups is 1. The molecular weight excluding hydrogens is 304 g/mol. The van der Waals surface area contributed by atoms with Crippen molar-refractivity contribution in [3.63, 3.8) is 0 Å². The molecule has 3 aromatic heterocycles. The first kappa shape index (κ1) is 14.8. The Hall–Kier alpha value is -2.80. The van der Waals surface area contributed by atoms with Gasteiger partial charge >= 0.3 is 0 Å². The van der Waals surface area contributed by atoms with E-state index in [1.54, 1.807) is 16.9 Å². The molecule has 0 aliphatic carbocycles. The molecular formula is C17H18N6O. The number of aryl methyl sites for hydroxylation is 1. The lowest BCUT2D eigenvalue weighted by molar-refractivity contribution is 0.0704. The monoisotopic (exact) mass is 322 g/mol. The lowest BCUT2D eigenvalue weighted by atomic mass is 10.1. The molecule has 122 valence electrons. The maximum absolute atomic E-state index is 13.0. The number of rotatable bonds is 2. The van der Waals surface area contributed by atoms with Crippen LogP contribution in [0.1, 0.15) is 27.7 Å². The molecule has 24 heavy (non-hydrogen) atoms. The minimum atomic E-state index is -0.0292. The van der Waals surface area contributed by atoms with E-state index in [9.17, 15) is 4.79 Å². The fourth-order valence-corrected chi connectivity index (χ4v) is 3.02. The Bertz CT molecular complexity index is 875. The molecule has 4 heterocycles. The molecule has 7 nitrogen and oxygen atoms in total. The summed E-state index contributed by atoms with van der Waals surface area (Å²) in [5, 5.41) is 7.68. The van der Waals surface area contributed by atoms with Crippen LogP contribution in [0.5, 0.6) is 0 Å². The van der Waals surface area contributed by atoms with E-state index in [0.717, 1.165) is 17.8 Å². The van der Waals surface area contributed by atoms with Crippen LogP contribution in [0, 0.1) is 6.92 Å². The van der Waals surface area contributed by atoms with Gasteiger partial charge in [-0.2, -0.15) is 5.10 Å². The van der Waals surface area contributed by atoms with Crippen LogP contribution in [0.4, 0.5) is 0 Å². The highest BCUT2D eigenvalue weighted by atomic mass is 16.2. The van der Waals surface area contributed by atoms with Gasteiger partial charge in [0.05, 0.1) is 12.2 Å². The molecule has 0 radical (unpaired) electrons. The average Bonchev–Trinajstić information content (AvgIpc) is 3.05. The van der Waals surface area contributed by atoms with E-state index < -0.39 is 0 Å². The molecule has 1 aliphatic heterocycles. The smallest absolute Gasteiger partial charge is 0.259 e. The maximum atomic E-state index is 13.0. The van der Waals surface area contributed by atoms with Crippen molar-refractivity contribution in [1.82, 2.24) is 29.8 Å². The van der Waals surface area contributed by atoms with E-state index >= 15 is 0 Å². The summed E-state index contributed by atoms with van der Waals surface area (Å²) in [6, 6.07) is 5.90. The topological polar surface area (TPSA) is 75.4 Å². The van der Waals surface area contributed by atoms with Crippen LogP contribution in [0.3, 0.4) is 0 Å². The summed E-state index contributed by atoms with van der Waals surface area (Å²) in [7, 11) is 0. The Morgan fingerprint density at radius 2 is 2.25 bits per heavy atom. The van der Waals surface area contributed by atoms with Crippen molar-refractivity contribution < 1.29 is 4.79 Å². The summed E-state index contributed by atoms with van der Waals surface area (Å²) in [5.41, 5.74) is 3.11. The second-order valence-electron chi connectivity index (χ2n) is 5.94. The molecule has 3 aromatic rings. The molecule has 7 heteroatoms. The first-order valence-corrected chi connectivity index (χ1v) is 7.96. The number of nitrogens with one attached hydrogen (secondary N) is 1. The number of pyridine rings is 1. The first-order valence-electron chi connectivity index (χ1n) is 7.96. The molecule has 1 unspecified atom stereocenters. The Balaban J connectivity index is 1.60. The van der Waals surface area contributed by atoms with Crippen LogP contribution in [0.15, 0.2) is 43.0 Å². The number of amides is 1. The zero-order chi connectivity index (χ0) is 16.5. The highest BCUT2D eigenvalue weighted by Crippen LogP contribution is 2.19. The van der Waals surface area contributed by atoms with E-state index in [2.05, 4.69) is 20.4 Å². The van der Waals surface area contributed by atoms with Crippen LogP contribution in [0.25, 0.3) is 5.65 Å². The first-order chi connectivity index (χ1) is 11.7. The molecule has 1 amide bonds. The highest BCUT2D eigenvalue weighted by Gasteiger charge is 2.27. The third-order valence-corrected chi connectivity index (χ3v) is 4.29. The van der Waals surface area contributed by atoms with Crippen LogP contribution in [-0.2, 0) is 0 Å². The third-order valence-electron chi connectivity index (χ3n) is 4.29. The van der Waals surface area contributed by atoms with Gasteiger partial charge in [0.2, 0.25) is 0 Å². The van der Waals surface area contributed by atoms with Crippen molar-refractivity contribution in [3.8, 4) is 0 Å². The van der Waals surface area contributed by atoms with Gasteiger partial charge in [-0.15, -0.1) is 0 Å². The van der Waals surface area contributed by atoms with Crippen LogP contribution in [0.2, 0.25) is 0 Å². The van der Waals surface area contributed by atoms with Crippen LogP contribution in [-0.4, -0.2) is 50.0 Å². The van der Waals surface area contributed by atoms with Crippen molar-refractivity contribution >= 4 is 11.6 Å². The number of hydrogen-bond acceptors (Lipinski definition) is 5. The second-order valence-corrected chi connectivity index (χ2v) is 5.94. The summed E-state index contributed by atoms with van der Waals surface area (Å²) in [5.74, 6) is -0.0292. The summed E-state index contributed by atoms with van der Waals surface area (Å²) >= 11 is 0. The molecule has 1 saturated heterocycles. The molecule has 4 rings (SSSR count). The molecule has 1 aliphatic rings. The van der Waals surface area contributed by atoms with Gasteiger partial charge in [-0.25, -0.2) is 9.50 Å². The van der Waals surface area contributed by atoms with Gasteiger partial charge in [0, 0.05) is 43.9 Å². The van der Waals surface area contributed by atoms with E-state index in [1.807, 2.05) is 42.4 Å². The van der Waals surface area contributed by atoms with Crippen LogP contribution < -0.4 is 5.32 Å². The summed E-state index contributed by atoms with van der Waals surface area (Å²) in [6.07, 6.45) is 7.02. The Morgan fingerprint density at radius 1 is 1.33 bits per heavy atom. The molecule has 0 bridgehead atoms. The summed E-state index contributed by atoms with van der Waals surface area (Å²) in [4.78, 5) is 23.4. The van der Waals surface area contributed by atoms with Crippen molar-refractivity contribution in [2.75, 3.05) is 19.6 Å². The fourth-order valence-electron chi connectivity index (χ4n) is 3.02. The Labute approximate surface area is 139 Å². The van der Waals surface area contributed by atoms with Gasteiger partial charge < -0.3 is 10.2 Å². The normalized spacial score (nSPS) is 18.0. The molecule has 1 N–H and O–H groups in total. The number of fused-ring (bicyclic) bond motifs is 1. The lowest BCUT2D eigenvalue weighted by Gasteiger charge is -2.33. The summed E-state index contributed by atoms with van der Waals surface area (Å²) < 4.78 is 1.64. The predicted octanol–water partition coefficient (Wildman–Crippen LogP) is 1.22. The zero-order valence-corrected chi connectivity index (χ0v) is 13.4. The Morgan fingerprint density at radius 3 is 3.08 bits per heavy atom. The van der Waals surface area contributed by atoms with Crippen molar-refractivity contribution in [1.29, 1.82) is 0 Å². The van der Waals surface area contributed by atoms with Gasteiger partial charge in [0.1, 0.15) is 5.56 Å². The van der Waals surface area contributed by atoms with E-state index in [4.69, 9.17) is 0 Å². The van der Waals surface area contributed by atoms with E-state index in [1.165, 1.54) is 0 Å². The fraction of sp³-hybridized carbons (Fsp3) is 0.294. The SMILES string of the molecule is Cc1ccn2ncc(C(=O)N3CCNC(c4cccnc4)C3)c2n1. The third kappa shape index (κ3) is 2.63. The Kier molecular flexibility index (Phi) is 3.70. The van der Waals surface area contributed by atoms with Crippen molar-refractivity contribution in [2.24, 2.45) is 0 Å². The number of hydrogen-bond donors (Lipinski definition) is 1. The number of piperazine rings is 1. The second kappa shape index (κ2) is 6.01. The van der Waals surface area contributed by atoms with E-state index in [0.29, 0.717) is 24.3 Å². The molecule has 1 fully saturated rings. The van der Waals surface area contributed by atoms with Gasteiger partial charge in [-0.05, 0) is 24.6 Å². The van der Waals surface area contributed by atoms with Crippen molar-refractivity contribution in [2.45, 2.75) is 13.0 Å². The molecule has 1 atom stereocenters. The van der Waals surface area contributed by atoms with E-state index in [-0.39, 0.29) is 11.9 Å². The van der Waals surface area contributed by atoms with Gasteiger partial charge in [0.25, 0.3) is 5.91 Å². The number of aromatic nitrogens is 4. The molecule has 0 aromatic carbocycles. The number of nitrogens with zero attached hydrogens (tertiary/aromatic N) is 5. The van der Waals surface area contributed by atoms with Crippen LogP contribution >= 0.6 is 0 Å². The largest absolute Gasteiger partial charge is 0.335 e. The molecule has 0 saturated carbocycles. The maximum Gasteiger partial charge on any atom is 0.259 e. The van der Waals surface area contributed by atoms with Gasteiger partial charge in [-0.3, -0.25) is 9.78 Å². The lowest BCUT2D eigenvalue weighted by Crippen LogP contribution is -2.48. The zero-order valence-electron chi connectivity index (χ0n) is 13.4. The average molecular weight is 322 g/mol. The van der Waals surface area contributed by atoms with Crippen molar-refractivity contribution in [3.05, 3.63) is 59.8 Å².